The predicted octanol–water partition coefficient (Wildman–Crippen LogP) is 3.62. The molecular formula is C27H25ClF3N9O2. The first-order valence-electron chi connectivity index (χ1n) is 13.1. The van der Waals surface area contributed by atoms with E-state index in [1.165, 1.54) is 18.3 Å². The normalized spacial score (nSPS) is 16.0. The molecule has 2 amide bonds. The van der Waals surface area contributed by atoms with E-state index in [4.69, 9.17) is 17.3 Å². The third kappa shape index (κ3) is 5.18. The Balaban J connectivity index is 1.17. The van der Waals surface area contributed by atoms with Crippen LogP contribution in [0.3, 0.4) is 0 Å². The Morgan fingerprint density at radius 3 is 2.64 bits per heavy atom. The molecule has 0 unspecified atom stereocenters. The number of nitrogens with zero attached hydrogens (tertiary/aromatic N) is 4. The summed E-state index contributed by atoms with van der Waals surface area (Å²) in [6.07, 6.45) is -0.426. The average Bonchev–Trinajstić information content (AvgIpc) is 3.35. The number of rotatable bonds is 6. The van der Waals surface area contributed by atoms with E-state index in [1.54, 1.807) is 18.2 Å². The van der Waals surface area contributed by atoms with Crippen molar-refractivity contribution in [2.24, 2.45) is 0 Å². The van der Waals surface area contributed by atoms with Gasteiger partial charge in [0.05, 0.1) is 51.2 Å². The lowest BCUT2D eigenvalue weighted by Gasteiger charge is -2.37. The highest BCUT2D eigenvalue weighted by Crippen LogP contribution is 2.43. The van der Waals surface area contributed by atoms with Crippen LogP contribution in [-0.2, 0) is 12.7 Å². The van der Waals surface area contributed by atoms with Crippen molar-refractivity contribution in [1.82, 2.24) is 40.7 Å². The fourth-order valence-electron chi connectivity index (χ4n) is 5.11. The van der Waals surface area contributed by atoms with Crippen molar-refractivity contribution in [1.29, 1.82) is 0 Å². The van der Waals surface area contributed by atoms with Crippen molar-refractivity contribution in [2.45, 2.75) is 31.1 Å². The fraction of sp³-hybridized carbons (Fsp3) is 0.296. The van der Waals surface area contributed by atoms with Crippen LogP contribution in [0.2, 0.25) is 5.02 Å². The molecule has 1 saturated heterocycles. The maximum absolute atomic E-state index is 13.8. The first kappa shape index (κ1) is 27.7. The maximum Gasteiger partial charge on any atom is 0.433 e. The van der Waals surface area contributed by atoms with Crippen LogP contribution in [0.5, 0.6) is 0 Å². The number of pyridine rings is 1. The molecule has 0 atom stereocenters. The van der Waals surface area contributed by atoms with Crippen LogP contribution in [0.1, 0.15) is 45.1 Å². The molecule has 6 N–H and O–H groups in total. The summed E-state index contributed by atoms with van der Waals surface area (Å²) in [5.74, 6) is -0.983. The van der Waals surface area contributed by atoms with E-state index >= 15 is 0 Å². The quantitative estimate of drug-likeness (QED) is 0.226. The number of benzene rings is 1. The first-order chi connectivity index (χ1) is 20.1. The number of H-pyrrole nitrogens is 2. The lowest BCUT2D eigenvalue weighted by atomic mass is 10.1. The van der Waals surface area contributed by atoms with Crippen LogP contribution in [0.4, 0.5) is 18.9 Å². The summed E-state index contributed by atoms with van der Waals surface area (Å²) in [5, 5.41) is 12.1. The molecule has 1 aromatic carbocycles. The molecule has 6 rings (SSSR count). The van der Waals surface area contributed by atoms with Crippen molar-refractivity contribution >= 4 is 29.1 Å². The number of halogens is 4. The molecule has 0 radical (unpaired) electrons. The monoisotopic (exact) mass is 599 g/mol. The fourth-order valence-corrected chi connectivity index (χ4v) is 5.39. The second-order valence-electron chi connectivity index (χ2n) is 10.3. The molecule has 3 aromatic heterocycles. The number of imidazole rings is 1. The van der Waals surface area contributed by atoms with E-state index in [-0.39, 0.29) is 51.5 Å². The van der Waals surface area contributed by atoms with Crippen LogP contribution in [0.15, 0.2) is 42.7 Å². The Kier molecular flexibility index (Phi) is 6.89. The number of aromatic amines is 2. The number of carbonyl (C=O) groups excluding carboxylic acids is 2. The van der Waals surface area contributed by atoms with E-state index in [2.05, 4.69) is 30.7 Å². The Bertz CT molecular complexity index is 1660. The largest absolute Gasteiger partial charge is 0.433 e. The number of nitrogen functional groups attached to an aromatic ring is 1. The van der Waals surface area contributed by atoms with E-state index in [1.807, 2.05) is 10.00 Å². The van der Waals surface area contributed by atoms with Crippen molar-refractivity contribution in [2.75, 3.05) is 25.4 Å². The van der Waals surface area contributed by atoms with Gasteiger partial charge in [0.1, 0.15) is 11.4 Å². The molecule has 0 bridgehead atoms. The summed E-state index contributed by atoms with van der Waals surface area (Å²) < 4.78 is 41.4. The Labute approximate surface area is 242 Å². The number of hydrogen-bond acceptors (Lipinski definition) is 7. The zero-order valence-corrected chi connectivity index (χ0v) is 22.7. The van der Waals surface area contributed by atoms with Gasteiger partial charge in [-0.1, -0.05) is 17.7 Å². The van der Waals surface area contributed by atoms with Crippen molar-refractivity contribution in [3.05, 3.63) is 70.4 Å². The van der Waals surface area contributed by atoms with Gasteiger partial charge in [0.25, 0.3) is 11.8 Å². The van der Waals surface area contributed by atoms with Crippen molar-refractivity contribution in [3.63, 3.8) is 0 Å². The third-order valence-corrected chi connectivity index (χ3v) is 7.78. The highest BCUT2D eigenvalue weighted by molar-refractivity contribution is 6.34. The topological polar surface area (TPSA) is 158 Å². The molecule has 1 aliphatic heterocycles. The van der Waals surface area contributed by atoms with Crippen LogP contribution in [0, 0.1) is 0 Å². The van der Waals surface area contributed by atoms with Gasteiger partial charge in [0.2, 0.25) is 0 Å². The van der Waals surface area contributed by atoms with Crippen LogP contribution in [0.25, 0.3) is 22.6 Å². The third-order valence-electron chi connectivity index (χ3n) is 7.47. The molecule has 1 aliphatic carbocycles. The van der Waals surface area contributed by atoms with Gasteiger partial charge in [-0.3, -0.25) is 19.7 Å². The number of nitrogens with one attached hydrogen (secondary N) is 4. The van der Waals surface area contributed by atoms with Gasteiger partial charge >= 0.3 is 6.18 Å². The van der Waals surface area contributed by atoms with Gasteiger partial charge in [0.15, 0.2) is 5.82 Å². The van der Waals surface area contributed by atoms with Gasteiger partial charge in [-0.15, -0.1) is 0 Å². The van der Waals surface area contributed by atoms with Crippen LogP contribution in [-0.4, -0.2) is 67.0 Å². The highest BCUT2D eigenvalue weighted by Gasteiger charge is 2.51. The summed E-state index contributed by atoms with van der Waals surface area (Å²) in [5.41, 5.74) is 5.40. The lowest BCUT2D eigenvalue weighted by Crippen LogP contribution is -2.55. The summed E-state index contributed by atoms with van der Waals surface area (Å²) in [6, 6.07) is 7.87. The number of nitrogens with two attached hydrogens (primary N) is 1. The van der Waals surface area contributed by atoms with E-state index in [0.29, 0.717) is 23.4 Å². The zero-order chi connectivity index (χ0) is 29.6. The molecule has 2 fully saturated rings. The summed E-state index contributed by atoms with van der Waals surface area (Å²) in [7, 11) is 0. The van der Waals surface area contributed by atoms with Crippen molar-refractivity contribution in [3.8, 4) is 22.6 Å². The number of carbonyl (C=O) groups is 2. The Morgan fingerprint density at radius 1 is 1.14 bits per heavy atom. The minimum Gasteiger partial charge on any atom is -0.397 e. The number of amides is 2. The molecule has 1 saturated carbocycles. The zero-order valence-electron chi connectivity index (χ0n) is 22.0. The number of anilines is 1. The Morgan fingerprint density at radius 2 is 1.95 bits per heavy atom. The van der Waals surface area contributed by atoms with Crippen LogP contribution < -0.4 is 16.4 Å². The van der Waals surface area contributed by atoms with Crippen molar-refractivity contribution < 1.29 is 22.8 Å². The standard InChI is InChI=1S/C27H25ClF3N9O2/c28-17-9-14(1-3-16(17)25(42)40-8-7-33-13-26(40)5-6-26)10-36-24(41)23-35-12-19(37-23)20-21(18-4-2-15(32)11-34-18)38-39-22(20)27(29,30)31/h1-4,9,11-12,33H,5-8,10,13,32H2,(H,35,37)(H,36,41)(H,38,39). The van der Waals surface area contributed by atoms with Gasteiger partial charge in [0, 0.05) is 26.2 Å². The van der Waals surface area contributed by atoms with Gasteiger partial charge < -0.3 is 26.3 Å². The molecule has 11 nitrogen and oxygen atoms in total. The second kappa shape index (κ2) is 10.4. The predicted molar refractivity (Wildman–Crippen MR) is 147 cm³/mol. The number of alkyl halides is 3. The lowest BCUT2D eigenvalue weighted by molar-refractivity contribution is -0.140. The Hall–Kier alpha value is -4.43. The highest BCUT2D eigenvalue weighted by atomic mass is 35.5. The molecule has 15 heteroatoms. The molecule has 4 aromatic rings. The number of hydrogen-bond donors (Lipinski definition) is 5. The van der Waals surface area contributed by atoms with Crippen LogP contribution >= 0.6 is 11.6 Å². The minimum absolute atomic E-state index is 0.0424. The smallest absolute Gasteiger partial charge is 0.397 e. The number of piperazine rings is 1. The van der Waals surface area contributed by atoms with E-state index in [9.17, 15) is 22.8 Å². The molecular weight excluding hydrogens is 575 g/mol. The summed E-state index contributed by atoms with van der Waals surface area (Å²) in [6.45, 7) is 2.15. The minimum atomic E-state index is -4.77. The summed E-state index contributed by atoms with van der Waals surface area (Å²) >= 11 is 6.47. The van der Waals surface area contributed by atoms with Gasteiger partial charge in [-0.25, -0.2) is 4.98 Å². The molecule has 4 heterocycles. The average molecular weight is 600 g/mol. The molecule has 1 spiro atoms. The van der Waals surface area contributed by atoms with E-state index in [0.717, 1.165) is 32.1 Å². The summed E-state index contributed by atoms with van der Waals surface area (Å²) in [4.78, 5) is 38.6. The molecule has 218 valence electrons. The molecule has 2 aliphatic rings. The maximum atomic E-state index is 13.8. The second-order valence-corrected chi connectivity index (χ2v) is 10.7. The molecule has 42 heavy (non-hydrogen) atoms. The first-order valence-corrected chi connectivity index (χ1v) is 13.5. The van der Waals surface area contributed by atoms with Gasteiger partial charge in [-0.2, -0.15) is 18.3 Å². The van der Waals surface area contributed by atoms with Gasteiger partial charge in [-0.05, 0) is 42.7 Å². The number of aromatic nitrogens is 5. The van der Waals surface area contributed by atoms with E-state index < -0.39 is 17.8 Å². The SMILES string of the molecule is Nc1ccc(-c2n[nH]c(C(F)(F)F)c2-c2cnc(C(=O)NCc3ccc(C(=O)N4CCNCC45CC5)c(Cl)c3)[nH]2)nc1.